The number of H-pyrrole nitrogens is 1. The molecule has 0 spiro atoms. The molecule has 2 aromatic carbocycles. The molecule has 0 aliphatic rings. The number of fused-ring (bicyclic) bond motifs is 1. The van der Waals surface area contributed by atoms with Gasteiger partial charge in [0.05, 0.1) is 11.1 Å². The summed E-state index contributed by atoms with van der Waals surface area (Å²) in [7, 11) is 0. The van der Waals surface area contributed by atoms with E-state index in [0.29, 0.717) is 16.6 Å². The first kappa shape index (κ1) is 11.6. The lowest BCUT2D eigenvalue weighted by molar-refractivity contribution is 0.627. The van der Waals surface area contributed by atoms with Crippen LogP contribution in [0.25, 0.3) is 22.0 Å². The first-order valence-electron chi connectivity index (χ1n) is 5.90. The quantitative estimate of drug-likeness (QED) is 0.725. The van der Waals surface area contributed by atoms with Gasteiger partial charge in [0, 0.05) is 10.9 Å². The smallest absolute Gasteiger partial charge is 0.267 e. The number of halogens is 1. The molecule has 1 heterocycles. The average Bonchev–Trinajstić information content (AvgIpc) is 2.38. The van der Waals surface area contributed by atoms with Crippen molar-refractivity contribution < 1.29 is 4.39 Å². The van der Waals surface area contributed by atoms with E-state index in [9.17, 15) is 9.18 Å². The Morgan fingerprint density at radius 3 is 2.58 bits per heavy atom. The normalized spacial score (nSPS) is 10.8. The first-order chi connectivity index (χ1) is 9.15. The molecule has 19 heavy (non-hydrogen) atoms. The molecule has 3 aromatic rings. The Morgan fingerprint density at radius 1 is 1.11 bits per heavy atom. The lowest BCUT2D eigenvalue weighted by Gasteiger charge is -2.06. The molecule has 0 unspecified atom stereocenters. The minimum absolute atomic E-state index is 0.243. The third kappa shape index (κ3) is 2.01. The van der Waals surface area contributed by atoms with E-state index in [2.05, 4.69) is 10.2 Å². The van der Waals surface area contributed by atoms with Crippen molar-refractivity contribution in [1.29, 1.82) is 0 Å². The summed E-state index contributed by atoms with van der Waals surface area (Å²) in [6, 6.07) is 11.9. The second-order valence-corrected chi connectivity index (χ2v) is 4.46. The molecule has 0 atom stereocenters. The Labute approximate surface area is 108 Å². The molecule has 3 nitrogen and oxygen atoms in total. The van der Waals surface area contributed by atoms with Crippen molar-refractivity contribution in [3.63, 3.8) is 0 Å². The van der Waals surface area contributed by atoms with Crippen LogP contribution in [0.4, 0.5) is 4.39 Å². The maximum atomic E-state index is 13.5. The van der Waals surface area contributed by atoms with E-state index in [1.807, 2.05) is 25.1 Å². The van der Waals surface area contributed by atoms with Gasteiger partial charge in [-0.25, -0.2) is 9.49 Å². The molecule has 4 heteroatoms. The molecule has 1 N–H and O–H groups in total. The van der Waals surface area contributed by atoms with Gasteiger partial charge in [0.15, 0.2) is 0 Å². The lowest BCUT2D eigenvalue weighted by atomic mass is 10.0. The second kappa shape index (κ2) is 4.31. The number of benzene rings is 2. The average molecular weight is 254 g/mol. The van der Waals surface area contributed by atoms with Gasteiger partial charge in [-0.3, -0.25) is 4.79 Å². The Kier molecular flexibility index (Phi) is 2.63. The van der Waals surface area contributed by atoms with Crippen molar-refractivity contribution in [2.24, 2.45) is 0 Å². The maximum Gasteiger partial charge on any atom is 0.272 e. The van der Waals surface area contributed by atoms with Crippen molar-refractivity contribution in [3.8, 4) is 11.3 Å². The number of aryl methyl sites for hydroxylation is 1. The predicted octanol–water partition coefficient (Wildman–Crippen LogP) is 3.04. The SMILES string of the molecule is Cc1cc(F)cc(-c2n[nH]c(=O)c3ccccc23)c1. The highest BCUT2D eigenvalue weighted by Gasteiger charge is 2.09. The van der Waals surface area contributed by atoms with Crippen LogP contribution in [0.2, 0.25) is 0 Å². The standard InChI is InChI=1S/C15H11FN2O/c1-9-6-10(8-11(16)7-9)14-12-4-2-3-5-13(12)15(19)18-17-14/h2-8H,1H3,(H,18,19). The highest BCUT2D eigenvalue weighted by Crippen LogP contribution is 2.25. The van der Waals surface area contributed by atoms with Gasteiger partial charge in [-0.2, -0.15) is 5.10 Å². The van der Waals surface area contributed by atoms with Crippen molar-refractivity contribution in [3.05, 3.63) is 64.2 Å². The fourth-order valence-electron chi connectivity index (χ4n) is 2.21. The minimum Gasteiger partial charge on any atom is -0.267 e. The molecule has 0 amide bonds. The van der Waals surface area contributed by atoms with Crippen molar-refractivity contribution in [1.82, 2.24) is 10.2 Å². The van der Waals surface area contributed by atoms with Gasteiger partial charge in [0.25, 0.3) is 5.56 Å². The molecule has 3 rings (SSSR count). The van der Waals surface area contributed by atoms with Crippen LogP contribution >= 0.6 is 0 Å². The number of rotatable bonds is 1. The van der Waals surface area contributed by atoms with Crippen LogP contribution in [-0.4, -0.2) is 10.2 Å². The van der Waals surface area contributed by atoms with E-state index in [1.54, 1.807) is 12.1 Å². The van der Waals surface area contributed by atoms with Crippen LogP contribution in [0.1, 0.15) is 5.56 Å². The summed E-state index contributed by atoms with van der Waals surface area (Å²) in [5.74, 6) is -0.313. The molecule has 0 saturated heterocycles. The zero-order valence-electron chi connectivity index (χ0n) is 10.3. The molecule has 0 saturated carbocycles. The van der Waals surface area contributed by atoms with E-state index < -0.39 is 0 Å². The molecule has 1 aromatic heterocycles. The highest BCUT2D eigenvalue weighted by atomic mass is 19.1. The number of aromatic nitrogens is 2. The number of nitrogens with one attached hydrogen (secondary N) is 1. The van der Waals surface area contributed by atoms with Gasteiger partial charge in [0.2, 0.25) is 0 Å². The summed E-state index contributed by atoms with van der Waals surface area (Å²) < 4.78 is 13.5. The Hall–Kier alpha value is -2.49. The third-order valence-electron chi connectivity index (χ3n) is 3.01. The molecule has 0 bridgehead atoms. The third-order valence-corrected chi connectivity index (χ3v) is 3.01. The van der Waals surface area contributed by atoms with E-state index >= 15 is 0 Å². The fraction of sp³-hybridized carbons (Fsp3) is 0.0667. The van der Waals surface area contributed by atoms with Crippen LogP contribution in [0.5, 0.6) is 0 Å². The molecule has 0 radical (unpaired) electrons. The van der Waals surface area contributed by atoms with Gasteiger partial charge in [-0.05, 0) is 36.8 Å². The van der Waals surface area contributed by atoms with Crippen LogP contribution in [0.15, 0.2) is 47.3 Å². The van der Waals surface area contributed by atoms with Crippen LogP contribution < -0.4 is 5.56 Å². The van der Waals surface area contributed by atoms with Gasteiger partial charge >= 0.3 is 0 Å². The summed E-state index contributed by atoms with van der Waals surface area (Å²) in [4.78, 5) is 11.7. The molecular formula is C15H11FN2O. The van der Waals surface area contributed by atoms with Gasteiger partial charge in [-0.15, -0.1) is 0 Å². The summed E-state index contributed by atoms with van der Waals surface area (Å²) in [5, 5.41) is 7.78. The molecule has 0 aliphatic carbocycles. The fourth-order valence-corrected chi connectivity index (χ4v) is 2.21. The zero-order chi connectivity index (χ0) is 13.4. The molecule has 0 aliphatic heterocycles. The van der Waals surface area contributed by atoms with E-state index in [0.717, 1.165) is 10.9 Å². The van der Waals surface area contributed by atoms with Crippen molar-refractivity contribution in [2.45, 2.75) is 6.92 Å². The van der Waals surface area contributed by atoms with Crippen LogP contribution in [0.3, 0.4) is 0 Å². The van der Waals surface area contributed by atoms with Gasteiger partial charge in [-0.1, -0.05) is 18.2 Å². The molecule has 94 valence electrons. The zero-order valence-corrected chi connectivity index (χ0v) is 10.3. The molecule has 0 fully saturated rings. The Morgan fingerprint density at radius 2 is 1.84 bits per heavy atom. The van der Waals surface area contributed by atoms with Gasteiger partial charge in [0.1, 0.15) is 5.82 Å². The number of hydrogen-bond donors (Lipinski definition) is 1. The Bertz CT molecular complexity index is 803. The van der Waals surface area contributed by atoms with Gasteiger partial charge < -0.3 is 0 Å². The topological polar surface area (TPSA) is 45.8 Å². The molecular weight excluding hydrogens is 243 g/mol. The van der Waals surface area contributed by atoms with E-state index in [4.69, 9.17) is 0 Å². The summed E-state index contributed by atoms with van der Waals surface area (Å²) in [5.41, 5.74) is 1.81. The predicted molar refractivity (Wildman–Crippen MR) is 72.5 cm³/mol. The second-order valence-electron chi connectivity index (χ2n) is 4.46. The Balaban J connectivity index is 2.37. The summed E-state index contributed by atoms with van der Waals surface area (Å²) in [6.07, 6.45) is 0. The van der Waals surface area contributed by atoms with E-state index in [1.165, 1.54) is 12.1 Å². The number of nitrogens with zero attached hydrogens (tertiary/aromatic N) is 1. The van der Waals surface area contributed by atoms with Crippen LogP contribution in [0, 0.1) is 12.7 Å². The number of hydrogen-bond acceptors (Lipinski definition) is 2. The number of aromatic amines is 1. The minimum atomic E-state index is -0.313. The largest absolute Gasteiger partial charge is 0.272 e. The van der Waals surface area contributed by atoms with Crippen LogP contribution in [-0.2, 0) is 0 Å². The lowest BCUT2D eigenvalue weighted by Crippen LogP contribution is -2.09. The van der Waals surface area contributed by atoms with Crippen molar-refractivity contribution in [2.75, 3.05) is 0 Å². The summed E-state index contributed by atoms with van der Waals surface area (Å²) in [6.45, 7) is 1.82. The maximum absolute atomic E-state index is 13.5. The van der Waals surface area contributed by atoms with Crippen molar-refractivity contribution >= 4 is 10.8 Å². The monoisotopic (exact) mass is 254 g/mol. The highest BCUT2D eigenvalue weighted by molar-refractivity contribution is 5.93. The first-order valence-corrected chi connectivity index (χ1v) is 5.90. The van der Waals surface area contributed by atoms with E-state index in [-0.39, 0.29) is 11.4 Å². The summed E-state index contributed by atoms with van der Waals surface area (Å²) >= 11 is 0.